The standard InChI is InChI=1S/C13H14N2O2/c14-10-6-1-2-7-11(10)15-12(16)8-4-3-5-9(8)13(15)17/h1-2,6-9H,3-5,14H2. The molecule has 1 saturated carbocycles. The Bertz CT molecular complexity index is 476. The van der Waals surface area contributed by atoms with Gasteiger partial charge in [-0.2, -0.15) is 0 Å². The van der Waals surface area contributed by atoms with Crippen molar-refractivity contribution in [3.63, 3.8) is 0 Å². The Morgan fingerprint density at radius 2 is 1.65 bits per heavy atom. The number of nitrogen functional groups attached to an aromatic ring is 1. The number of carbonyl (C=O) groups is 2. The molecule has 1 aliphatic heterocycles. The van der Waals surface area contributed by atoms with Gasteiger partial charge in [0.2, 0.25) is 11.8 Å². The number of hydrogen-bond donors (Lipinski definition) is 1. The van der Waals surface area contributed by atoms with Crippen LogP contribution in [-0.4, -0.2) is 11.8 Å². The van der Waals surface area contributed by atoms with Crippen LogP contribution in [0, 0.1) is 11.8 Å². The quantitative estimate of drug-likeness (QED) is 0.588. The second-order valence-electron chi connectivity index (χ2n) is 4.71. The summed E-state index contributed by atoms with van der Waals surface area (Å²) in [6.07, 6.45) is 2.64. The predicted octanol–water partition coefficient (Wildman–Crippen LogP) is 1.56. The summed E-state index contributed by atoms with van der Waals surface area (Å²) in [7, 11) is 0. The van der Waals surface area contributed by atoms with E-state index in [0.717, 1.165) is 19.3 Å². The smallest absolute Gasteiger partial charge is 0.237 e. The normalized spacial score (nSPS) is 27.6. The number of para-hydroxylation sites is 2. The molecule has 0 spiro atoms. The zero-order chi connectivity index (χ0) is 12.0. The average Bonchev–Trinajstić information content (AvgIpc) is 2.87. The van der Waals surface area contributed by atoms with Gasteiger partial charge in [0.15, 0.2) is 0 Å². The molecule has 1 aromatic carbocycles. The van der Waals surface area contributed by atoms with Crippen molar-refractivity contribution in [1.29, 1.82) is 0 Å². The van der Waals surface area contributed by atoms with Gasteiger partial charge < -0.3 is 5.73 Å². The van der Waals surface area contributed by atoms with Crippen LogP contribution in [-0.2, 0) is 9.59 Å². The van der Waals surface area contributed by atoms with Crippen LogP contribution in [0.25, 0.3) is 0 Å². The van der Waals surface area contributed by atoms with Crippen LogP contribution in [0.3, 0.4) is 0 Å². The number of imide groups is 1. The molecule has 2 fully saturated rings. The van der Waals surface area contributed by atoms with Crippen LogP contribution in [0.15, 0.2) is 24.3 Å². The van der Waals surface area contributed by atoms with Crippen molar-refractivity contribution in [2.24, 2.45) is 11.8 Å². The van der Waals surface area contributed by atoms with Gasteiger partial charge in [0, 0.05) is 0 Å². The highest BCUT2D eigenvalue weighted by Crippen LogP contribution is 2.42. The minimum Gasteiger partial charge on any atom is -0.397 e. The fourth-order valence-corrected chi connectivity index (χ4v) is 2.92. The molecule has 2 N–H and O–H groups in total. The zero-order valence-electron chi connectivity index (χ0n) is 9.43. The van der Waals surface area contributed by atoms with Crippen molar-refractivity contribution in [3.8, 4) is 0 Å². The van der Waals surface area contributed by atoms with Crippen molar-refractivity contribution in [1.82, 2.24) is 0 Å². The Labute approximate surface area is 99.4 Å². The van der Waals surface area contributed by atoms with Crippen LogP contribution in [0.2, 0.25) is 0 Å². The number of carbonyl (C=O) groups excluding carboxylic acids is 2. The molecule has 88 valence electrons. The average molecular weight is 230 g/mol. The number of fused-ring (bicyclic) bond motifs is 1. The molecule has 2 amide bonds. The molecule has 17 heavy (non-hydrogen) atoms. The molecule has 3 rings (SSSR count). The molecule has 4 heteroatoms. The highest BCUT2D eigenvalue weighted by molar-refractivity contribution is 6.23. The van der Waals surface area contributed by atoms with Gasteiger partial charge in [0.05, 0.1) is 23.2 Å². The Hall–Kier alpha value is -1.84. The van der Waals surface area contributed by atoms with Gasteiger partial charge in [-0.1, -0.05) is 18.6 Å². The van der Waals surface area contributed by atoms with Gasteiger partial charge in [0.25, 0.3) is 0 Å². The molecule has 2 unspecified atom stereocenters. The van der Waals surface area contributed by atoms with E-state index >= 15 is 0 Å². The first kappa shape index (κ1) is 10.3. The lowest BCUT2D eigenvalue weighted by Gasteiger charge is -2.17. The monoisotopic (exact) mass is 230 g/mol. The highest BCUT2D eigenvalue weighted by atomic mass is 16.2. The number of anilines is 2. The minimum atomic E-state index is -0.109. The van der Waals surface area contributed by atoms with E-state index in [1.807, 2.05) is 0 Å². The van der Waals surface area contributed by atoms with Gasteiger partial charge in [-0.15, -0.1) is 0 Å². The summed E-state index contributed by atoms with van der Waals surface area (Å²) < 4.78 is 0. The zero-order valence-corrected chi connectivity index (χ0v) is 9.43. The molecule has 1 saturated heterocycles. The summed E-state index contributed by atoms with van der Waals surface area (Å²) in [6.45, 7) is 0. The maximum atomic E-state index is 12.2. The third-order valence-corrected chi connectivity index (χ3v) is 3.77. The van der Waals surface area contributed by atoms with E-state index in [9.17, 15) is 9.59 Å². The van der Waals surface area contributed by atoms with Gasteiger partial charge in [-0.05, 0) is 25.0 Å². The minimum absolute atomic E-state index is 0.0737. The predicted molar refractivity (Wildman–Crippen MR) is 64.2 cm³/mol. The Kier molecular flexibility index (Phi) is 2.18. The third-order valence-electron chi connectivity index (χ3n) is 3.77. The molecule has 0 aromatic heterocycles. The largest absolute Gasteiger partial charge is 0.397 e. The van der Waals surface area contributed by atoms with E-state index in [-0.39, 0.29) is 23.7 Å². The Balaban J connectivity index is 2.03. The highest BCUT2D eigenvalue weighted by Gasteiger charge is 2.50. The lowest BCUT2D eigenvalue weighted by Crippen LogP contribution is -2.32. The fraction of sp³-hybridized carbons (Fsp3) is 0.385. The molecule has 0 bridgehead atoms. The topological polar surface area (TPSA) is 63.4 Å². The summed E-state index contributed by atoms with van der Waals surface area (Å²) in [6, 6.07) is 7.03. The number of nitrogens with two attached hydrogens (primary N) is 1. The van der Waals surface area contributed by atoms with Crippen molar-refractivity contribution in [2.75, 3.05) is 10.6 Å². The van der Waals surface area contributed by atoms with Gasteiger partial charge in [-0.3, -0.25) is 9.59 Å². The molecule has 1 aromatic rings. The van der Waals surface area contributed by atoms with E-state index in [0.29, 0.717) is 11.4 Å². The second kappa shape index (κ2) is 3.58. The molecule has 1 aliphatic carbocycles. The van der Waals surface area contributed by atoms with E-state index in [1.54, 1.807) is 24.3 Å². The molecule has 2 aliphatic rings. The summed E-state index contributed by atoms with van der Waals surface area (Å²) in [5.41, 5.74) is 6.85. The van der Waals surface area contributed by atoms with Gasteiger partial charge >= 0.3 is 0 Å². The lowest BCUT2D eigenvalue weighted by molar-refractivity contribution is -0.122. The number of amides is 2. The number of nitrogens with zero attached hydrogens (tertiary/aromatic N) is 1. The van der Waals surface area contributed by atoms with Gasteiger partial charge in [0.1, 0.15) is 0 Å². The van der Waals surface area contributed by atoms with E-state index in [1.165, 1.54) is 4.90 Å². The molecular formula is C13H14N2O2. The Morgan fingerprint density at radius 1 is 1.06 bits per heavy atom. The van der Waals surface area contributed by atoms with Crippen molar-refractivity contribution < 1.29 is 9.59 Å². The molecule has 0 radical (unpaired) electrons. The summed E-state index contributed by atoms with van der Waals surface area (Å²) in [5, 5.41) is 0. The Morgan fingerprint density at radius 3 is 2.24 bits per heavy atom. The van der Waals surface area contributed by atoms with Crippen molar-refractivity contribution >= 4 is 23.2 Å². The molecule has 4 nitrogen and oxygen atoms in total. The van der Waals surface area contributed by atoms with Crippen LogP contribution in [0.5, 0.6) is 0 Å². The molecule has 2 atom stereocenters. The first-order chi connectivity index (χ1) is 8.20. The fourth-order valence-electron chi connectivity index (χ4n) is 2.92. The number of rotatable bonds is 1. The van der Waals surface area contributed by atoms with Gasteiger partial charge in [-0.25, -0.2) is 4.90 Å². The first-order valence-corrected chi connectivity index (χ1v) is 5.92. The lowest BCUT2D eigenvalue weighted by atomic mass is 10.00. The summed E-state index contributed by atoms with van der Waals surface area (Å²) in [4.78, 5) is 25.7. The van der Waals surface area contributed by atoms with Crippen molar-refractivity contribution in [3.05, 3.63) is 24.3 Å². The third kappa shape index (κ3) is 1.37. The SMILES string of the molecule is Nc1ccccc1N1C(=O)C2CCCC2C1=O. The van der Waals surface area contributed by atoms with Crippen LogP contribution >= 0.6 is 0 Å². The second-order valence-corrected chi connectivity index (χ2v) is 4.71. The maximum Gasteiger partial charge on any atom is 0.237 e. The van der Waals surface area contributed by atoms with Crippen LogP contribution < -0.4 is 10.6 Å². The number of hydrogen-bond acceptors (Lipinski definition) is 3. The molecular weight excluding hydrogens is 216 g/mol. The van der Waals surface area contributed by atoms with Crippen LogP contribution in [0.1, 0.15) is 19.3 Å². The molecule has 1 heterocycles. The summed E-state index contributed by atoms with van der Waals surface area (Å²) >= 11 is 0. The number of benzene rings is 1. The van der Waals surface area contributed by atoms with E-state index < -0.39 is 0 Å². The maximum absolute atomic E-state index is 12.2. The van der Waals surface area contributed by atoms with Crippen LogP contribution in [0.4, 0.5) is 11.4 Å². The van der Waals surface area contributed by atoms with E-state index in [4.69, 9.17) is 5.73 Å². The summed E-state index contributed by atoms with van der Waals surface area (Å²) in [5.74, 6) is -0.366. The van der Waals surface area contributed by atoms with Crippen molar-refractivity contribution in [2.45, 2.75) is 19.3 Å². The van der Waals surface area contributed by atoms with E-state index in [2.05, 4.69) is 0 Å². The first-order valence-electron chi connectivity index (χ1n) is 5.92.